The molecule has 0 spiro atoms. The van der Waals surface area contributed by atoms with Gasteiger partial charge in [0.2, 0.25) is 0 Å². The molecule has 1 heterocycles. The molecule has 88 valence electrons. The number of nitrogens with zero attached hydrogens (tertiary/aromatic N) is 1. The lowest BCUT2D eigenvalue weighted by Crippen LogP contribution is -2.97. The van der Waals surface area contributed by atoms with Gasteiger partial charge in [0, 0.05) is 19.3 Å². The van der Waals surface area contributed by atoms with Crippen LogP contribution in [-0.2, 0) is 11.2 Å². The first-order valence-corrected chi connectivity index (χ1v) is 5.72. The fourth-order valence-electron chi connectivity index (χ4n) is 2.44. The number of carboxylic acids is 1. The zero-order valence-corrected chi connectivity index (χ0v) is 9.48. The van der Waals surface area contributed by atoms with Gasteiger partial charge in [0.25, 0.3) is 0 Å². The van der Waals surface area contributed by atoms with Gasteiger partial charge in [-0.15, -0.1) is 0 Å². The lowest BCUT2D eigenvalue weighted by Gasteiger charge is -2.27. The summed E-state index contributed by atoms with van der Waals surface area (Å²) in [6, 6.07) is 9.24. The van der Waals surface area contributed by atoms with Crippen LogP contribution in [0.4, 0.5) is 0 Å². The molecule has 1 aliphatic rings. The van der Waals surface area contributed by atoms with Crippen LogP contribution in [-0.4, -0.2) is 18.1 Å². The summed E-state index contributed by atoms with van der Waals surface area (Å²) < 4.78 is 0. The van der Waals surface area contributed by atoms with Gasteiger partial charge in [-0.05, 0) is 11.6 Å². The molecule has 2 rings (SSSR count). The molecular weight excluding hydrogens is 216 g/mol. The Kier molecular flexibility index (Phi) is 3.12. The van der Waals surface area contributed by atoms with Crippen molar-refractivity contribution in [2.45, 2.75) is 24.8 Å². The van der Waals surface area contributed by atoms with Crippen molar-refractivity contribution in [2.24, 2.45) is 0 Å². The molecule has 1 atom stereocenters. The van der Waals surface area contributed by atoms with Crippen molar-refractivity contribution >= 4 is 5.97 Å². The van der Waals surface area contributed by atoms with Gasteiger partial charge in [-0.3, -0.25) is 0 Å². The molecule has 1 aromatic carbocycles. The third-order valence-corrected chi connectivity index (χ3v) is 3.41. The van der Waals surface area contributed by atoms with Crippen LogP contribution in [0.1, 0.15) is 24.0 Å². The number of hydrogen-bond donors (Lipinski definition) is 1. The fraction of sp³-hybridized carbons (Fsp3) is 0.385. The Bertz CT molecular complexity index is 471. The highest BCUT2D eigenvalue weighted by Gasteiger charge is 2.40. The van der Waals surface area contributed by atoms with Crippen LogP contribution >= 0.6 is 0 Å². The average Bonchev–Trinajstić information content (AvgIpc) is 2.80. The summed E-state index contributed by atoms with van der Waals surface area (Å²) in [5.74, 6) is -1.03. The third kappa shape index (κ3) is 2.15. The number of carbonyl (C=O) groups is 1. The number of carbonyl (C=O) groups excluding carboxylic acids is 1. The Hall–Kier alpha value is -1.86. The Morgan fingerprint density at radius 1 is 1.53 bits per heavy atom. The van der Waals surface area contributed by atoms with Gasteiger partial charge in [-0.1, -0.05) is 18.2 Å². The summed E-state index contributed by atoms with van der Waals surface area (Å²) in [6.07, 6.45) is 1.84. The van der Waals surface area contributed by atoms with E-state index in [4.69, 9.17) is 5.26 Å². The van der Waals surface area contributed by atoms with E-state index in [-0.39, 0.29) is 0 Å². The number of nitriles is 1. The van der Waals surface area contributed by atoms with Crippen LogP contribution in [0.25, 0.3) is 0 Å². The van der Waals surface area contributed by atoms with Crippen LogP contribution < -0.4 is 10.4 Å². The lowest BCUT2D eigenvalue weighted by atomic mass is 9.87. The maximum absolute atomic E-state index is 11.3. The number of rotatable bonds is 3. The average molecular weight is 230 g/mol. The summed E-state index contributed by atoms with van der Waals surface area (Å²) in [6.45, 7) is 0.808. The second kappa shape index (κ2) is 4.56. The maximum Gasteiger partial charge on any atom is 0.140 e. The van der Waals surface area contributed by atoms with Crippen LogP contribution in [0.2, 0.25) is 0 Å². The van der Waals surface area contributed by atoms with Crippen molar-refractivity contribution in [1.82, 2.24) is 0 Å². The van der Waals surface area contributed by atoms with E-state index in [0.717, 1.165) is 18.5 Å². The third-order valence-electron chi connectivity index (χ3n) is 3.41. The lowest BCUT2D eigenvalue weighted by molar-refractivity contribution is -0.700. The number of hydrogen-bond acceptors (Lipinski definition) is 3. The van der Waals surface area contributed by atoms with Crippen molar-refractivity contribution in [1.29, 1.82) is 5.26 Å². The van der Waals surface area contributed by atoms with E-state index in [1.165, 1.54) is 0 Å². The summed E-state index contributed by atoms with van der Waals surface area (Å²) in [4.78, 5) is 11.3. The molecule has 0 amide bonds. The molecule has 4 heteroatoms. The second-order valence-electron chi connectivity index (χ2n) is 4.49. The number of carboxylic acid groups (broad SMARTS) is 1. The van der Waals surface area contributed by atoms with Crippen molar-refractivity contribution < 1.29 is 15.2 Å². The van der Waals surface area contributed by atoms with Gasteiger partial charge in [-0.2, -0.15) is 5.26 Å². The number of benzene rings is 1. The minimum atomic E-state index is -1.03. The summed E-state index contributed by atoms with van der Waals surface area (Å²) >= 11 is 0. The van der Waals surface area contributed by atoms with Gasteiger partial charge in [0.05, 0.1) is 18.2 Å². The molecule has 1 saturated heterocycles. The fourth-order valence-corrected chi connectivity index (χ4v) is 2.44. The van der Waals surface area contributed by atoms with E-state index in [1.807, 2.05) is 17.4 Å². The topological polar surface area (TPSA) is 80.5 Å². The van der Waals surface area contributed by atoms with Crippen molar-refractivity contribution in [3.05, 3.63) is 35.4 Å². The molecule has 0 saturated carbocycles. The van der Waals surface area contributed by atoms with Gasteiger partial charge in [0.15, 0.2) is 0 Å². The Morgan fingerprint density at radius 2 is 2.29 bits per heavy atom. The van der Waals surface area contributed by atoms with Crippen molar-refractivity contribution in [3.63, 3.8) is 0 Å². The van der Waals surface area contributed by atoms with Crippen LogP contribution in [0, 0.1) is 11.3 Å². The number of quaternary nitrogens is 1. The van der Waals surface area contributed by atoms with Crippen LogP contribution in [0.15, 0.2) is 24.3 Å². The van der Waals surface area contributed by atoms with E-state index in [2.05, 4.69) is 6.07 Å². The van der Waals surface area contributed by atoms with E-state index >= 15 is 0 Å². The monoisotopic (exact) mass is 230 g/mol. The molecule has 0 radical (unpaired) electrons. The first-order valence-electron chi connectivity index (χ1n) is 5.72. The minimum absolute atomic E-state index is 0.360. The van der Waals surface area contributed by atoms with Crippen molar-refractivity contribution in [2.75, 3.05) is 6.54 Å². The molecule has 1 aliphatic heterocycles. The second-order valence-corrected chi connectivity index (χ2v) is 4.49. The Labute approximate surface area is 99.9 Å². The predicted octanol–water partition coefficient (Wildman–Crippen LogP) is -1.05. The molecule has 0 aromatic heterocycles. The summed E-state index contributed by atoms with van der Waals surface area (Å²) in [5, 5.41) is 22.1. The number of aliphatic carboxylic acids is 1. The first-order chi connectivity index (χ1) is 8.18. The quantitative estimate of drug-likeness (QED) is 0.719. The number of nitrogens with two attached hydrogens (primary N) is 1. The maximum atomic E-state index is 11.3. The predicted molar refractivity (Wildman–Crippen MR) is 58.6 cm³/mol. The molecule has 4 nitrogen and oxygen atoms in total. The minimum Gasteiger partial charge on any atom is -0.544 e. The summed E-state index contributed by atoms with van der Waals surface area (Å²) in [7, 11) is 0. The zero-order valence-electron chi connectivity index (χ0n) is 9.48. The standard InChI is InChI=1S/C13H14N2O2/c14-9-11-5-2-1-4-10(11)8-13(12(16)17)6-3-7-15-13/h1-2,4-5,15H,3,6-8H2,(H,16,17)/t13-/m0/s1. The largest absolute Gasteiger partial charge is 0.544 e. The van der Waals surface area contributed by atoms with E-state index in [0.29, 0.717) is 18.4 Å². The van der Waals surface area contributed by atoms with Crippen molar-refractivity contribution in [3.8, 4) is 6.07 Å². The molecule has 0 aliphatic carbocycles. The molecule has 0 unspecified atom stereocenters. The van der Waals surface area contributed by atoms with Crippen LogP contribution in [0.3, 0.4) is 0 Å². The van der Waals surface area contributed by atoms with Gasteiger partial charge in [0.1, 0.15) is 11.5 Å². The normalized spacial score (nSPS) is 23.2. The van der Waals surface area contributed by atoms with Gasteiger partial charge >= 0.3 is 0 Å². The molecule has 17 heavy (non-hydrogen) atoms. The smallest absolute Gasteiger partial charge is 0.140 e. The Morgan fingerprint density at radius 3 is 2.88 bits per heavy atom. The highest BCUT2D eigenvalue weighted by Crippen LogP contribution is 2.20. The van der Waals surface area contributed by atoms with E-state index in [9.17, 15) is 9.90 Å². The summed E-state index contributed by atoms with van der Waals surface area (Å²) in [5.41, 5.74) is 0.457. The van der Waals surface area contributed by atoms with E-state index in [1.54, 1.807) is 12.1 Å². The SMILES string of the molecule is N#Cc1ccccc1C[C@]1(C(=O)[O-])CCC[NH2+]1. The zero-order chi connectivity index (χ0) is 12.3. The van der Waals surface area contributed by atoms with E-state index < -0.39 is 11.5 Å². The molecule has 1 fully saturated rings. The first kappa shape index (κ1) is 11.6. The molecule has 1 aromatic rings. The van der Waals surface area contributed by atoms with Crippen LogP contribution in [0.5, 0.6) is 0 Å². The molecule has 2 N–H and O–H groups in total. The van der Waals surface area contributed by atoms with Gasteiger partial charge in [-0.25, -0.2) is 0 Å². The molecule has 0 bridgehead atoms. The molecular formula is C13H14N2O2. The Balaban J connectivity index is 2.30. The highest BCUT2D eigenvalue weighted by molar-refractivity contribution is 5.75. The van der Waals surface area contributed by atoms with Gasteiger partial charge < -0.3 is 15.2 Å². The highest BCUT2D eigenvalue weighted by atomic mass is 16.4.